The molecule has 0 heterocycles. The van der Waals surface area contributed by atoms with Gasteiger partial charge in [0.15, 0.2) is 0 Å². The van der Waals surface area contributed by atoms with Crippen molar-refractivity contribution in [2.24, 2.45) is 5.92 Å². The maximum Gasteiger partial charge on any atom is 0.391 e. The standard InChI is InChI=1S/C11H13F3/c1-9(11(12,13)14)7-8-10-5-3-2-4-6-10/h2-5,8-9H,6-7H2,1H3/b10-8-/t9-/m0/s1. The molecule has 1 aliphatic carbocycles. The summed E-state index contributed by atoms with van der Waals surface area (Å²) in [6.45, 7) is 1.21. The molecule has 0 nitrogen and oxygen atoms in total. The number of halogens is 3. The molecule has 3 heteroatoms. The molecule has 0 aromatic rings. The molecule has 0 aromatic carbocycles. The molecular formula is C11H13F3. The summed E-state index contributed by atoms with van der Waals surface area (Å²) in [5.41, 5.74) is 0.962. The van der Waals surface area contributed by atoms with Gasteiger partial charge in [-0.05, 0) is 18.4 Å². The lowest BCUT2D eigenvalue weighted by Crippen LogP contribution is -2.18. The van der Waals surface area contributed by atoms with E-state index in [1.807, 2.05) is 24.3 Å². The van der Waals surface area contributed by atoms with Gasteiger partial charge in [0.25, 0.3) is 0 Å². The van der Waals surface area contributed by atoms with E-state index in [2.05, 4.69) is 0 Å². The monoisotopic (exact) mass is 202 g/mol. The summed E-state index contributed by atoms with van der Waals surface area (Å²) in [5.74, 6) is -1.26. The number of alkyl halides is 3. The Morgan fingerprint density at radius 1 is 1.43 bits per heavy atom. The van der Waals surface area contributed by atoms with Crippen LogP contribution < -0.4 is 0 Å². The van der Waals surface area contributed by atoms with Gasteiger partial charge in [-0.15, -0.1) is 0 Å². The average Bonchev–Trinajstić information content (AvgIpc) is 2.14. The lowest BCUT2D eigenvalue weighted by molar-refractivity contribution is -0.168. The van der Waals surface area contributed by atoms with Crippen LogP contribution in [0.25, 0.3) is 0 Å². The van der Waals surface area contributed by atoms with E-state index in [0.29, 0.717) is 0 Å². The highest BCUT2D eigenvalue weighted by Gasteiger charge is 2.34. The third-order valence-electron chi connectivity index (χ3n) is 2.20. The SMILES string of the molecule is C[C@@H](C/C=C1/C=CC=CC1)C(F)(F)F. The van der Waals surface area contributed by atoms with Gasteiger partial charge >= 0.3 is 6.18 Å². The first-order valence-electron chi connectivity index (χ1n) is 4.59. The van der Waals surface area contributed by atoms with Crippen molar-refractivity contribution in [1.29, 1.82) is 0 Å². The van der Waals surface area contributed by atoms with Crippen molar-refractivity contribution in [3.63, 3.8) is 0 Å². The Hall–Kier alpha value is -0.990. The van der Waals surface area contributed by atoms with E-state index in [4.69, 9.17) is 0 Å². The molecule has 0 aromatic heterocycles. The summed E-state index contributed by atoms with van der Waals surface area (Å²) in [6.07, 6.45) is 5.91. The molecule has 14 heavy (non-hydrogen) atoms. The summed E-state index contributed by atoms with van der Waals surface area (Å²) in [5, 5.41) is 0. The average molecular weight is 202 g/mol. The van der Waals surface area contributed by atoms with Crippen molar-refractivity contribution in [3.8, 4) is 0 Å². The van der Waals surface area contributed by atoms with Crippen LogP contribution in [0.5, 0.6) is 0 Å². The fourth-order valence-corrected chi connectivity index (χ4v) is 1.14. The molecule has 0 spiro atoms. The Kier molecular flexibility index (Phi) is 3.55. The summed E-state index contributed by atoms with van der Waals surface area (Å²) in [7, 11) is 0. The van der Waals surface area contributed by atoms with Crippen LogP contribution in [-0.4, -0.2) is 6.18 Å². The van der Waals surface area contributed by atoms with Gasteiger partial charge < -0.3 is 0 Å². The minimum absolute atomic E-state index is 0.0665. The Bertz CT molecular complexity index is 269. The second-order valence-corrected chi connectivity index (χ2v) is 3.45. The van der Waals surface area contributed by atoms with E-state index in [-0.39, 0.29) is 6.42 Å². The molecule has 78 valence electrons. The smallest absolute Gasteiger partial charge is 0.171 e. The zero-order chi connectivity index (χ0) is 10.6. The molecule has 1 rings (SSSR count). The van der Waals surface area contributed by atoms with Crippen molar-refractivity contribution in [3.05, 3.63) is 36.0 Å². The van der Waals surface area contributed by atoms with E-state index >= 15 is 0 Å². The Labute approximate surface area is 81.8 Å². The third-order valence-corrected chi connectivity index (χ3v) is 2.20. The summed E-state index contributed by atoms with van der Waals surface area (Å²) in [6, 6.07) is 0. The molecule has 0 saturated heterocycles. The molecule has 0 amide bonds. The largest absolute Gasteiger partial charge is 0.391 e. The van der Waals surface area contributed by atoms with Crippen molar-refractivity contribution in [1.82, 2.24) is 0 Å². The van der Waals surface area contributed by atoms with Crippen molar-refractivity contribution in [2.45, 2.75) is 25.9 Å². The van der Waals surface area contributed by atoms with Crippen LogP contribution >= 0.6 is 0 Å². The van der Waals surface area contributed by atoms with Gasteiger partial charge in [0, 0.05) is 0 Å². The molecule has 1 atom stereocenters. The Morgan fingerprint density at radius 3 is 2.64 bits per heavy atom. The zero-order valence-corrected chi connectivity index (χ0v) is 8.01. The van der Waals surface area contributed by atoms with E-state index in [9.17, 15) is 13.2 Å². The third kappa shape index (κ3) is 3.40. The van der Waals surface area contributed by atoms with Gasteiger partial charge in [-0.2, -0.15) is 13.2 Å². The van der Waals surface area contributed by atoms with Gasteiger partial charge in [0.05, 0.1) is 5.92 Å². The molecule has 1 aliphatic rings. The highest BCUT2D eigenvalue weighted by molar-refractivity contribution is 5.29. The van der Waals surface area contributed by atoms with Crippen LogP contribution in [0.2, 0.25) is 0 Å². The Balaban J connectivity index is 2.47. The van der Waals surface area contributed by atoms with Crippen LogP contribution in [0.3, 0.4) is 0 Å². The number of hydrogen-bond donors (Lipinski definition) is 0. The highest BCUT2D eigenvalue weighted by Crippen LogP contribution is 2.29. The lowest BCUT2D eigenvalue weighted by Gasteiger charge is -2.13. The molecule has 0 fully saturated rings. The molecule has 0 radical (unpaired) electrons. The summed E-state index contributed by atoms with van der Waals surface area (Å²) >= 11 is 0. The molecule has 0 saturated carbocycles. The predicted molar refractivity (Wildman–Crippen MR) is 50.8 cm³/mol. The quantitative estimate of drug-likeness (QED) is 0.634. The topological polar surface area (TPSA) is 0 Å². The van der Waals surface area contributed by atoms with E-state index in [1.165, 1.54) is 6.92 Å². The fraction of sp³-hybridized carbons (Fsp3) is 0.455. The molecule has 0 unspecified atom stereocenters. The number of hydrogen-bond acceptors (Lipinski definition) is 0. The van der Waals surface area contributed by atoms with Crippen molar-refractivity contribution in [2.75, 3.05) is 0 Å². The van der Waals surface area contributed by atoms with Crippen LogP contribution in [0, 0.1) is 5.92 Å². The maximum absolute atomic E-state index is 12.1. The molecular weight excluding hydrogens is 189 g/mol. The van der Waals surface area contributed by atoms with Gasteiger partial charge in [-0.1, -0.05) is 37.3 Å². The molecule has 0 aliphatic heterocycles. The predicted octanol–water partition coefficient (Wildman–Crippen LogP) is 4.02. The van der Waals surface area contributed by atoms with Crippen molar-refractivity contribution < 1.29 is 13.2 Å². The maximum atomic E-state index is 12.1. The van der Waals surface area contributed by atoms with E-state index in [0.717, 1.165) is 12.0 Å². The van der Waals surface area contributed by atoms with Crippen LogP contribution in [0.4, 0.5) is 13.2 Å². The van der Waals surface area contributed by atoms with Gasteiger partial charge in [-0.3, -0.25) is 0 Å². The minimum atomic E-state index is -4.08. The zero-order valence-electron chi connectivity index (χ0n) is 8.01. The van der Waals surface area contributed by atoms with Crippen molar-refractivity contribution >= 4 is 0 Å². The van der Waals surface area contributed by atoms with Gasteiger partial charge in [-0.25, -0.2) is 0 Å². The lowest BCUT2D eigenvalue weighted by atomic mass is 10.0. The van der Waals surface area contributed by atoms with E-state index < -0.39 is 12.1 Å². The van der Waals surface area contributed by atoms with Crippen LogP contribution in [0.15, 0.2) is 36.0 Å². The van der Waals surface area contributed by atoms with Crippen LogP contribution in [-0.2, 0) is 0 Å². The molecule has 0 N–H and O–H groups in total. The first-order chi connectivity index (χ1) is 6.50. The summed E-state index contributed by atoms with van der Waals surface area (Å²) in [4.78, 5) is 0. The number of rotatable bonds is 2. The summed E-state index contributed by atoms with van der Waals surface area (Å²) < 4.78 is 36.4. The number of allylic oxidation sites excluding steroid dienone is 6. The molecule has 0 bridgehead atoms. The minimum Gasteiger partial charge on any atom is -0.171 e. The fourth-order valence-electron chi connectivity index (χ4n) is 1.14. The van der Waals surface area contributed by atoms with E-state index in [1.54, 1.807) is 6.08 Å². The van der Waals surface area contributed by atoms with Crippen LogP contribution in [0.1, 0.15) is 19.8 Å². The normalized spacial score (nSPS) is 21.6. The Morgan fingerprint density at radius 2 is 2.14 bits per heavy atom. The van der Waals surface area contributed by atoms with Gasteiger partial charge in [0.2, 0.25) is 0 Å². The second-order valence-electron chi connectivity index (χ2n) is 3.45. The van der Waals surface area contributed by atoms with Gasteiger partial charge in [0.1, 0.15) is 0 Å². The highest BCUT2D eigenvalue weighted by atomic mass is 19.4. The first kappa shape index (κ1) is 11.1. The first-order valence-corrected chi connectivity index (χ1v) is 4.59. The second kappa shape index (κ2) is 4.49.